The molecule has 1 unspecified atom stereocenters. The third kappa shape index (κ3) is 3.59. The summed E-state index contributed by atoms with van der Waals surface area (Å²) >= 11 is 2.02. The van der Waals surface area contributed by atoms with Gasteiger partial charge in [0.25, 0.3) is 5.91 Å². The minimum absolute atomic E-state index is 0.0558. The van der Waals surface area contributed by atoms with Crippen molar-refractivity contribution in [3.8, 4) is 5.75 Å². The molecule has 1 rings (SSSR count). The summed E-state index contributed by atoms with van der Waals surface area (Å²) in [4.78, 5) is 24.1. The Hall–Kier alpha value is -1.31. The first kappa shape index (κ1) is 14.7. The number of carbonyl (C=O) groups excluding carboxylic acids is 1. The molecule has 1 atom stereocenters. The molecule has 0 bridgehead atoms. The van der Waals surface area contributed by atoms with Gasteiger partial charge in [-0.25, -0.2) is 4.79 Å². The fourth-order valence-corrected chi connectivity index (χ4v) is 1.87. The third-order valence-electron chi connectivity index (χ3n) is 2.26. The Morgan fingerprint density at radius 2 is 2.00 bits per heavy atom. The molecule has 18 heavy (non-hydrogen) atoms. The molecule has 1 N–H and O–H groups in total. The largest absolute Gasteiger partial charge is 0.480 e. The number of aromatic carboxylic acids is 1. The van der Waals surface area contributed by atoms with E-state index in [1.54, 1.807) is 33.2 Å². The van der Waals surface area contributed by atoms with E-state index < -0.39 is 12.1 Å². The number of ether oxygens (including phenoxy) is 1. The molecule has 1 aromatic carbocycles. The zero-order valence-corrected chi connectivity index (χ0v) is 12.5. The number of likely N-dealkylation sites (N-methyl/N-ethyl adjacent to an activating group) is 1. The molecule has 0 saturated carbocycles. The van der Waals surface area contributed by atoms with Crippen molar-refractivity contribution in [3.63, 3.8) is 0 Å². The molecule has 6 heteroatoms. The maximum Gasteiger partial charge on any atom is 0.339 e. The van der Waals surface area contributed by atoms with Crippen LogP contribution in [0.5, 0.6) is 5.75 Å². The molecule has 0 aliphatic rings. The second-order valence-corrected chi connectivity index (χ2v) is 5.18. The Balaban J connectivity index is 2.97. The summed E-state index contributed by atoms with van der Waals surface area (Å²) in [5, 5.41) is 9.07. The van der Waals surface area contributed by atoms with Crippen LogP contribution in [-0.4, -0.2) is 42.1 Å². The molecule has 0 heterocycles. The summed E-state index contributed by atoms with van der Waals surface area (Å²) in [6.45, 7) is 1.59. The number of halogens is 1. The highest BCUT2D eigenvalue weighted by Crippen LogP contribution is 2.22. The van der Waals surface area contributed by atoms with Gasteiger partial charge in [-0.1, -0.05) is 0 Å². The molecule has 98 valence electrons. The van der Waals surface area contributed by atoms with Gasteiger partial charge in [0.2, 0.25) is 0 Å². The van der Waals surface area contributed by atoms with Crippen LogP contribution in [0.4, 0.5) is 0 Å². The van der Waals surface area contributed by atoms with E-state index in [4.69, 9.17) is 9.84 Å². The summed E-state index contributed by atoms with van der Waals surface area (Å²) in [6, 6.07) is 4.80. The smallest absolute Gasteiger partial charge is 0.339 e. The summed E-state index contributed by atoms with van der Waals surface area (Å²) in [5.41, 5.74) is 0.0558. The molecule has 5 nitrogen and oxygen atoms in total. The van der Waals surface area contributed by atoms with Crippen molar-refractivity contribution in [2.75, 3.05) is 14.1 Å². The Kier molecular flexibility index (Phi) is 4.94. The van der Waals surface area contributed by atoms with Crippen LogP contribution in [0.1, 0.15) is 17.3 Å². The summed E-state index contributed by atoms with van der Waals surface area (Å²) in [5.74, 6) is -1.09. The minimum atomic E-state index is -1.08. The SMILES string of the molecule is CC(Oc1ccc(I)cc1C(=O)O)C(=O)N(C)C. The highest BCUT2D eigenvalue weighted by molar-refractivity contribution is 14.1. The van der Waals surface area contributed by atoms with Crippen LogP contribution in [-0.2, 0) is 4.79 Å². The number of hydrogen-bond donors (Lipinski definition) is 1. The van der Waals surface area contributed by atoms with Crippen LogP contribution in [0.15, 0.2) is 18.2 Å². The molecule has 0 aliphatic carbocycles. The van der Waals surface area contributed by atoms with Crippen molar-refractivity contribution >= 4 is 34.5 Å². The van der Waals surface area contributed by atoms with E-state index in [2.05, 4.69) is 0 Å². The predicted molar refractivity (Wildman–Crippen MR) is 74.9 cm³/mol. The van der Waals surface area contributed by atoms with Gasteiger partial charge in [-0.2, -0.15) is 0 Å². The van der Waals surface area contributed by atoms with Crippen molar-refractivity contribution < 1.29 is 19.4 Å². The molecular formula is C12H14INO4. The van der Waals surface area contributed by atoms with Crippen LogP contribution < -0.4 is 4.74 Å². The van der Waals surface area contributed by atoms with Gasteiger partial charge in [0.05, 0.1) is 0 Å². The molecule has 1 amide bonds. The van der Waals surface area contributed by atoms with Gasteiger partial charge in [-0.05, 0) is 47.7 Å². The zero-order chi connectivity index (χ0) is 13.9. The van der Waals surface area contributed by atoms with E-state index in [0.717, 1.165) is 3.57 Å². The number of amides is 1. The van der Waals surface area contributed by atoms with Crippen LogP contribution in [0.3, 0.4) is 0 Å². The maximum atomic E-state index is 11.6. The number of carboxylic acid groups (broad SMARTS) is 1. The average molecular weight is 363 g/mol. The van der Waals surface area contributed by atoms with Crippen LogP contribution in [0.2, 0.25) is 0 Å². The van der Waals surface area contributed by atoms with Crippen LogP contribution in [0, 0.1) is 3.57 Å². The lowest BCUT2D eigenvalue weighted by molar-refractivity contribution is -0.135. The quantitative estimate of drug-likeness (QED) is 0.830. The number of nitrogens with zero attached hydrogens (tertiary/aromatic N) is 1. The van der Waals surface area contributed by atoms with Crippen molar-refractivity contribution in [1.82, 2.24) is 4.90 Å². The van der Waals surface area contributed by atoms with E-state index in [1.165, 1.54) is 11.0 Å². The van der Waals surface area contributed by atoms with Crippen molar-refractivity contribution in [1.29, 1.82) is 0 Å². The van der Waals surface area contributed by atoms with Crippen molar-refractivity contribution in [3.05, 3.63) is 27.3 Å². The first-order chi connectivity index (χ1) is 8.32. The van der Waals surface area contributed by atoms with E-state index >= 15 is 0 Å². The molecule has 1 aromatic rings. The lowest BCUT2D eigenvalue weighted by Crippen LogP contribution is -2.35. The van der Waals surface area contributed by atoms with Gasteiger partial charge in [-0.15, -0.1) is 0 Å². The highest BCUT2D eigenvalue weighted by Gasteiger charge is 2.20. The lowest BCUT2D eigenvalue weighted by Gasteiger charge is -2.19. The molecule has 0 aliphatic heterocycles. The summed E-state index contributed by atoms with van der Waals surface area (Å²) in [6.07, 6.45) is -0.724. The van der Waals surface area contributed by atoms with Crippen molar-refractivity contribution in [2.45, 2.75) is 13.0 Å². The monoisotopic (exact) mass is 363 g/mol. The van der Waals surface area contributed by atoms with Crippen molar-refractivity contribution in [2.24, 2.45) is 0 Å². The van der Waals surface area contributed by atoms with E-state index in [1.807, 2.05) is 22.6 Å². The van der Waals surface area contributed by atoms with Gasteiger partial charge < -0.3 is 14.7 Å². The summed E-state index contributed by atoms with van der Waals surface area (Å²) in [7, 11) is 3.24. The second kappa shape index (κ2) is 6.03. The molecule has 0 spiro atoms. The normalized spacial score (nSPS) is 11.8. The van der Waals surface area contributed by atoms with Gasteiger partial charge in [0.15, 0.2) is 6.10 Å². The zero-order valence-electron chi connectivity index (χ0n) is 10.3. The highest BCUT2D eigenvalue weighted by atomic mass is 127. The first-order valence-electron chi connectivity index (χ1n) is 5.23. The molecule has 0 aromatic heterocycles. The average Bonchev–Trinajstić information content (AvgIpc) is 2.29. The third-order valence-corrected chi connectivity index (χ3v) is 2.94. The van der Waals surface area contributed by atoms with E-state index in [-0.39, 0.29) is 17.2 Å². The van der Waals surface area contributed by atoms with Gasteiger partial charge in [0.1, 0.15) is 11.3 Å². The van der Waals surface area contributed by atoms with E-state index in [0.29, 0.717) is 0 Å². The maximum absolute atomic E-state index is 11.6. The Bertz CT molecular complexity index is 473. The molecule has 0 fully saturated rings. The standard InChI is InChI=1S/C12H14INO4/c1-7(11(15)14(2)3)18-10-5-4-8(13)6-9(10)12(16)17/h4-7H,1-3H3,(H,16,17). The number of rotatable bonds is 4. The Morgan fingerprint density at radius 3 is 2.50 bits per heavy atom. The number of hydrogen-bond acceptors (Lipinski definition) is 3. The Morgan fingerprint density at radius 1 is 1.39 bits per heavy atom. The minimum Gasteiger partial charge on any atom is -0.480 e. The van der Waals surface area contributed by atoms with Gasteiger partial charge in [0, 0.05) is 17.7 Å². The molecule has 0 saturated heterocycles. The van der Waals surface area contributed by atoms with Crippen LogP contribution in [0.25, 0.3) is 0 Å². The van der Waals surface area contributed by atoms with Crippen LogP contribution >= 0.6 is 22.6 Å². The van der Waals surface area contributed by atoms with Gasteiger partial charge >= 0.3 is 5.97 Å². The number of carboxylic acids is 1. The van der Waals surface area contributed by atoms with E-state index in [9.17, 15) is 9.59 Å². The number of carbonyl (C=O) groups is 2. The summed E-state index contributed by atoms with van der Waals surface area (Å²) < 4.78 is 6.20. The lowest BCUT2D eigenvalue weighted by atomic mass is 10.2. The number of benzene rings is 1. The second-order valence-electron chi connectivity index (χ2n) is 3.94. The van der Waals surface area contributed by atoms with Gasteiger partial charge in [-0.3, -0.25) is 4.79 Å². The fourth-order valence-electron chi connectivity index (χ4n) is 1.38. The Labute approximate surface area is 119 Å². The first-order valence-corrected chi connectivity index (χ1v) is 6.31. The topological polar surface area (TPSA) is 66.8 Å². The predicted octanol–water partition coefficient (Wildman–Crippen LogP) is 1.84. The fraction of sp³-hybridized carbons (Fsp3) is 0.333. The molecular weight excluding hydrogens is 349 g/mol. The molecule has 0 radical (unpaired) electrons.